The van der Waals surface area contributed by atoms with E-state index in [1.165, 1.54) is 18.2 Å². The molecular weight excluding hydrogens is 303 g/mol. The number of nitrogens with one attached hydrogen (secondary N) is 3. The molecule has 1 fully saturated rings. The van der Waals surface area contributed by atoms with Gasteiger partial charge in [-0.2, -0.15) is 0 Å². The number of halogens is 1. The smallest absolute Gasteiger partial charge is 0.324 e. The molecule has 0 radical (unpaired) electrons. The second-order valence-corrected chi connectivity index (χ2v) is 5.53. The SMILES string of the molecule is C[C@@H](C(=O)N1CCNC1=O)[NH+](C)CC(=O)Nc1cccc(F)c1. The lowest BCUT2D eigenvalue weighted by Crippen LogP contribution is -3.15. The Kier molecular flexibility index (Phi) is 5.28. The predicted octanol–water partition coefficient (Wildman–Crippen LogP) is -0.781. The van der Waals surface area contributed by atoms with Gasteiger partial charge in [-0.25, -0.2) is 9.18 Å². The second kappa shape index (κ2) is 7.19. The van der Waals surface area contributed by atoms with Crippen molar-refractivity contribution >= 4 is 23.5 Å². The summed E-state index contributed by atoms with van der Waals surface area (Å²) < 4.78 is 13.1. The van der Waals surface area contributed by atoms with E-state index in [-0.39, 0.29) is 18.4 Å². The van der Waals surface area contributed by atoms with Crippen LogP contribution in [0.1, 0.15) is 6.92 Å². The number of hydrogen-bond acceptors (Lipinski definition) is 3. The Morgan fingerprint density at radius 3 is 2.83 bits per heavy atom. The fourth-order valence-corrected chi connectivity index (χ4v) is 2.30. The van der Waals surface area contributed by atoms with Crippen molar-refractivity contribution in [2.45, 2.75) is 13.0 Å². The number of benzene rings is 1. The Hall–Kier alpha value is -2.48. The fraction of sp³-hybridized carbons (Fsp3) is 0.400. The molecule has 124 valence electrons. The van der Waals surface area contributed by atoms with Gasteiger partial charge in [0.05, 0.1) is 7.05 Å². The summed E-state index contributed by atoms with van der Waals surface area (Å²) in [6, 6.07) is 4.64. The van der Waals surface area contributed by atoms with Gasteiger partial charge in [-0.05, 0) is 25.1 Å². The Morgan fingerprint density at radius 2 is 2.22 bits per heavy atom. The maximum Gasteiger partial charge on any atom is 0.324 e. The van der Waals surface area contributed by atoms with Crippen LogP contribution in [-0.4, -0.2) is 55.5 Å². The zero-order valence-corrected chi connectivity index (χ0v) is 13.1. The molecule has 4 amide bonds. The molecule has 0 saturated carbocycles. The molecule has 0 bridgehead atoms. The van der Waals surface area contributed by atoms with E-state index >= 15 is 0 Å². The summed E-state index contributed by atoms with van der Waals surface area (Å²) in [5.41, 5.74) is 0.362. The van der Waals surface area contributed by atoms with Crippen molar-refractivity contribution in [2.24, 2.45) is 0 Å². The van der Waals surface area contributed by atoms with E-state index in [1.54, 1.807) is 20.0 Å². The number of likely N-dealkylation sites (N-methyl/N-ethyl adjacent to an activating group) is 1. The molecule has 1 aromatic carbocycles. The average molecular weight is 323 g/mol. The van der Waals surface area contributed by atoms with Gasteiger partial charge < -0.3 is 15.5 Å². The quantitative estimate of drug-likeness (QED) is 0.665. The number of nitrogens with zero attached hydrogens (tertiary/aromatic N) is 1. The first-order chi connectivity index (χ1) is 10.9. The number of quaternary nitrogens is 1. The molecule has 7 nitrogen and oxygen atoms in total. The minimum absolute atomic E-state index is 0.0267. The Bertz CT molecular complexity index is 622. The molecule has 2 atom stereocenters. The third-order valence-electron chi connectivity index (χ3n) is 3.78. The number of urea groups is 1. The number of carbonyl (C=O) groups is 3. The summed E-state index contributed by atoms with van der Waals surface area (Å²) in [4.78, 5) is 37.5. The zero-order chi connectivity index (χ0) is 17.0. The highest BCUT2D eigenvalue weighted by atomic mass is 19.1. The summed E-state index contributed by atoms with van der Waals surface area (Å²) in [5, 5.41) is 5.15. The van der Waals surface area contributed by atoms with E-state index < -0.39 is 17.9 Å². The molecule has 3 N–H and O–H groups in total. The molecule has 0 spiro atoms. The zero-order valence-electron chi connectivity index (χ0n) is 13.1. The summed E-state index contributed by atoms with van der Waals surface area (Å²) in [6.45, 7) is 2.47. The topological polar surface area (TPSA) is 83.0 Å². The van der Waals surface area contributed by atoms with E-state index in [0.717, 1.165) is 4.90 Å². The van der Waals surface area contributed by atoms with Crippen molar-refractivity contribution in [3.8, 4) is 0 Å². The van der Waals surface area contributed by atoms with Crippen LogP contribution in [-0.2, 0) is 9.59 Å². The van der Waals surface area contributed by atoms with Crippen molar-refractivity contribution in [3.63, 3.8) is 0 Å². The van der Waals surface area contributed by atoms with Crippen LogP contribution in [0.15, 0.2) is 24.3 Å². The van der Waals surface area contributed by atoms with Crippen molar-refractivity contribution in [1.29, 1.82) is 0 Å². The highest BCUT2D eigenvalue weighted by Crippen LogP contribution is 2.08. The largest absolute Gasteiger partial charge is 0.336 e. The van der Waals surface area contributed by atoms with Gasteiger partial charge in [0.1, 0.15) is 5.82 Å². The molecule has 1 aromatic rings. The van der Waals surface area contributed by atoms with Crippen LogP contribution < -0.4 is 15.5 Å². The molecule has 2 rings (SSSR count). The van der Waals surface area contributed by atoms with Gasteiger partial charge in [0, 0.05) is 18.8 Å². The number of imide groups is 1. The molecule has 8 heteroatoms. The molecule has 0 aromatic heterocycles. The normalized spacial score (nSPS) is 16.7. The maximum absolute atomic E-state index is 13.1. The molecule has 0 aliphatic carbocycles. The van der Waals surface area contributed by atoms with Gasteiger partial charge in [0.2, 0.25) is 0 Å². The van der Waals surface area contributed by atoms with Crippen molar-refractivity contribution in [1.82, 2.24) is 10.2 Å². The first kappa shape index (κ1) is 16.9. The molecule has 1 aliphatic rings. The minimum Gasteiger partial charge on any atom is -0.336 e. The molecule has 23 heavy (non-hydrogen) atoms. The van der Waals surface area contributed by atoms with Crippen molar-refractivity contribution < 1.29 is 23.7 Å². The standard InChI is InChI=1S/C15H19FN4O3/c1-10(14(22)20-7-6-17-15(20)23)19(2)9-13(21)18-12-5-3-4-11(16)8-12/h3-5,8,10H,6-7,9H2,1-2H3,(H,17,23)(H,18,21)/p+1/t10-/m0/s1. The average Bonchev–Trinajstić information content (AvgIpc) is 2.91. The van der Waals surface area contributed by atoms with Gasteiger partial charge in [0.15, 0.2) is 12.6 Å². The van der Waals surface area contributed by atoms with E-state index in [4.69, 9.17) is 0 Å². The summed E-state index contributed by atoms with van der Waals surface area (Å²) >= 11 is 0. The Balaban J connectivity index is 1.89. The minimum atomic E-state index is -0.544. The fourth-order valence-electron chi connectivity index (χ4n) is 2.30. The van der Waals surface area contributed by atoms with Gasteiger partial charge in [-0.15, -0.1) is 0 Å². The molecule has 1 aliphatic heterocycles. The first-order valence-electron chi connectivity index (χ1n) is 7.35. The third-order valence-corrected chi connectivity index (χ3v) is 3.78. The lowest BCUT2D eigenvalue weighted by atomic mass is 10.2. The molecule has 1 saturated heterocycles. The number of carbonyl (C=O) groups excluding carboxylic acids is 3. The molecule has 1 unspecified atom stereocenters. The maximum atomic E-state index is 13.1. The highest BCUT2D eigenvalue weighted by molar-refractivity contribution is 5.97. The van der Waals surface area contributed by atoms with Crippen molar-refractivity contribution in [3.05, 3.63) is 30.1 Å². The number of hydrogen-bond donors (Lipinski definition) is 3. The highest BCUT2D eigenvalue weighted by Gasteiger charge is 2.34. The van der Waals surface area contributed by atoms with Gasteiger partial charge in [0.25, 0.3) is 11.8 Å². The van der Waals surface area contributed by atoms with E-state index in [1.807, 2.05) is 0 Å². The number of rotatable bonds is 5. The van der Waals surface area contributed by atoms with Crippen molar-refractivity contribution in [2.75, 3.05) is 32.0 Å². The monoisotopic (exact) mass is 323 g/mol. The lowest BCUT2D eigenvalue weighted by Gasteiger charge is -2.23. The van der Waals surface area contributed by atoms with Gasteiger partial charge in [-0.3, -0.25) is 14.5 Å². The van der Waals surface area contributed by atoms with Gasteiger partial charge >= 0.3 is 6.03 Å². The van der Waals surface area contributed by atoms with Crippen LogP contribution in [0, 0.1) is 5.82 Å². The van der Waals surface area contributed by atoms with Crippen LogP contribution in [0.3, 0.4) is 0 Å². The van der Waals surface area contributed by atoms with Crippen LogP contribution in [0.5, 0.6) is 0 Å². The summed E-state index contributed by atoms with van der Waals surface area (Å²) in [7, 11) is 1.70. The van der Waals surface area contributed by atoms with Crippen LogP contribution in [0.2, 0.25) is 0 Å². The van der Waals surface area contributed by atoms with E-state index in [2.05, 4.69) is 10.6 Å². The summed E-state index contributed by atoms with van der Waals surface area (Å²) in [5.74, 6) is -1.10. The Morgan fingerprint density at radius 1 is 1.48 bits per heavy atom. The first-order valence-corrected chi connectivity index (χ1v) is 7.35. The van der Waals surface area contributed by atoms with E-state index in [0.29, 0.717) is 23.7 Å². The van der Waals surface area contributed by atoms with Crippen LogP contribution >= 0.6 is 0 Å². The molecular formula is C15H20FN4O3+. The lowest BCUT2D eigenvalue weighted by molar-refractivity contribution is -0.886. The van der Waals surface area contributed by atoms with Crippen LogP contribution in [0.25, 0.3) is 0 Å². The van der Waals surface area contributed by atoms with Crippen LogP contribution in [0.4, 0.5) is 14.9 Å². The third kappa shape index (κ3) is 4.26. The summed E-state index contributed by atoms with van der Waals surface area (Å²) in [6.07, 6.45) is 0. The predicted molar refractivity (Wildman–Crippen MR) is 81.4 cm³/mol. The van der Waals surface area contributed by atoms with E-state index in [9.17, 15) is 18.8 Å². The number of anilines is 1. The molecule has 1 heterocycles. The Labute approximate surface area is 133 Å². The number of amides is 4. The second-order valence-electron chi connectivity index (χ2n) is 5.53. The van der Waals surface area contributed by atoms with Gasteiger partial charge in [-0.1, -0.05) is 6.07 Å².